The number of aromatic nitrogens is 1. The summed E-state index contributed by atoms with van der Waals surface area (Å²) < 4.78 is 52.7. The van der Waals surface area contributed by atoms with E-state index in [1.165, 1.54) is 6.07 Å². The molecule has 0 amide bonds. The smallest absolute Gasteiger partial charge is 0.398 e. The Labute approximate surface area is 125 Å². The molecular weight excluding hydrogens is 356 g/mol. The normalized spacial score (nSPS) is 11.7. The highest BCUT2D eigenvalue weighted by Gasteiger charge is 2.34. The summed E-state index contributed by atoms with van der Waals surface area (Å²) in [6.45, 7) is 0. The van der Waals surface area contributed by atoms with Crippen molar-refractivity contribution in [3.63, 3.8) is 0 Å². The molecule has 2 aromatic rings. The van der Waals surface area contributed by atoms with Gasteiger partial charge in [0, 0.05) is 22.8 Å². The number of halogens is 5. The minimum absolute atomic E-state index is 0.148. The Kier molecular flexibility index (Phi) is 3.83. The summed E-state index contributed by atoms with van der Waals surface area (Å²) in [4.78, 5) is 12.0. The van der Waals surface area contributed by atoms with Crippen LogP contribution in [0.25, 0.3) is 11.1 Å². The molecule has 0 unspecified atom stereocenters. The van der Waals surface area contributed by atoms with Gasteiger partial charge in [-0.05, 0) is 40.2 Å². The molecular formula is C13H9BrF4N2O. The van der Waals surface area contributed by atoms with Gasteiger partial charge >= 0.3 is 6.18 Å². The maximum absolute atomic E-state index is 13.9. The average molecular weight is 365 g/mol. The average Bonchev–Trinajstić information content (AvgIpc) is 2.36. The molecule has 0 atom stereocenters. The lowest BCUT2D eigenvalue weighted by Gasteiger charge is -2.13. The fourth-order valence-corrected chi connectivity index (χ4v) is 2.21. The van der Waals surface area contributed by atoms with E-state index < -0.39 is 23.2 Å². The first-order valence-electron chi connectivity index (χ1n) is 5.65. The molecule has 0 saturated carbocycles. The Hall–Kier alpha value is -1.83. The maximum atomic E-state index is 13.9. The molecule has 2 rings (SSSR count). The second kappa shape index (κ2) is 5.18. The van der Waals surface area contributed by atoms with Crippen LogP contribution in [0.2, 0.25) is 0 Å². The second-order valence-corrected chi connectivity index (χ2v) is 5.20. The van der Waals surface area contributed by atoms with Crippen LogP contribution in [0.4, 0.5) is 23.2 Å². The van der Waals surface area contributed by atoms with Gasteiger partial charge in [0.15, 0.2) is 0 Å². The van der Waals surface area contributed by atoms with Crippen molar-refractivity contribution in [3.8, 4) is 11.1 Å². The monoisotopic (exact) mass is 364 g/mol. The standard InChI is InChI=1S/C13H9BrF4N2O/c1-20-11(13(16,17)18)3-2-6(12(20)21)7-4-10(19)8(14)5-9(7)15/h2-5H,19H2,1H3. The topological polar surface area (TPSA) is 48.0 Å². The molecule has 0 spiro atoms. The van der Waals surface area contributed by atoms with Crippen LogP contribution in [-0.2, 0) is 13.2 Å². The summed E-state index contributed by atoms with van der Waals surface area (Å²) >= 11 is 3.03. The van der Waals surface area contributed by atoms with Gasteiger partial charge in [0.2, 0.25) is 0 Å². The molecule has 0 aliphatic heterocycles. The minimum Gasteiger partial charge on any atom is -0.398 e. The molecule has 0 radical (unpaired) electrons. The molecule has 1 aromatic carbocycles. The largest absolute Gasteiger partial charge is 0.431 e. The van der Waals surface area contributed by atoms with Crippen LogP contribution in [0.3, 0.4) is 0 Å². The highest BCUT2D eigenvalue weighted by Crippen LogP contribution is 2.31. The molecule has 0 aliphatic carbocycles. The van der Waals surface area contributed by atoms with Crippen molar-refractivity contribution >= 4 is 21.6 Å². The van der Waals surface area contributed by atoms with E-state index in [0.717, 1.165) is 25.2 Å². The third kappa shape index (κ3) is 2.80. The number of pyridine rings is 1. The molecule has 0 fully saturated rings. The molecule has 0 aliphatic rings. The van der Waals surface area contributed by atoms with Gasteiger partial charge in [0.25, 0.3) is 5.56 Å². The first kappa shape index (κ1) is 15.6. The van der Waals surface area contributed by atoms with Gasteiger partial charge in [-0.15, -0.1) is 0 Å². The fourth-order valence-electron chi connectivity index (χ4n) is 1.90. The van der Waals surface area contributed by atoms with Crippen LogP contribution in [-0.4, -0.2) is 4.57 Å². The van der Waals surface area contributed by atoms with Crippen LogP contribution >= 0.6 is 15.9 Å². The third-order valence-corrected chi connectivity index (χ3v) is 3.66. The number of nitrogens with two attached hydrogens (primary N) is 1. The number of rotatable bonds is 1. The van der Waals surface area contributed by atoms with Crippen molar-refractivity contribution in [2.24, 2.45) is 7.05 Å². The van der Waals surface area contributed by atoms with E-state index in [0.29, 0.717) is 9.04 Å². The van der Waals surface area contributed by atoms with Gasteiger partial charge in [-0.3, -0.25) is 4.79 Å². The first-order valence-corrected chi connectivity index (χ1v) is 6.44. The Balaban J connectivity index is 2.71. The van der Waals surface area contributed by atoms with Crippen molar-refractivity contribution in [1.82, 2.24) is 4.57 Å². The number of nitrogen functional groups attached to an aromatic ring is 1. The first-order chi connectivity index (χ1) is 9.62. The summed E-state index contributed by atoms with van der Waals surface area (Å²) in [7, 11) is 0.981. The van der Waals surface area contributed by atoms with Gasteiger partial charge in [0.1, 0.15) is 11.5 Å². The summed E-state index contributed by atoms with van der Waals surface area (Å²) in [5.41, 5.74) is 3.38. The zero-order valence-corrected chi connectivity index (χ0v) is 12.2. The molecule has 1 heterocycles. The highest BCUT2D eigenvalue weighted by atomic mass is 79.9. The van der Waals surface area contributed by atoms with Gasteiger partial charge < -0.3 is 10.3 Å². The Morgan fingerprint density at radius 1 is 1.19 bits per heavy atom. The van der Waals surface area contributed by atoms with E-state index >= 15 is 0 Å². The van der Waals surface area contributed by atoms with E-state index in [1.54, 1.807) is 0 Å². The van der Waals surface area contributed by atoms with Crippen molar-refractivity contribution in [1.29, 1.82) is 0 Å². The van der Waals surface area contributed by atoms with Gasteiger partial charge in [0.05, 0.1) is 5.56 Å². The maximum Gasteiger partial charge on any atom is 0.431 e. The van der Waals surface area contributed by atoms with E-state index in [1.807, 2.05) is 0 Å². The molecule has 3 nitrogen and oxygen atoms in total. The van der Waals surface area contributed by atoms with Crippen LogP contribution in [0.1, 0.15) is 5.69 Å². The predicted molar refractivity (Wildman–Crippen MR) is 74.2 cm³/mol. The zero-order chi connectivity index (χ0) is 15.9. The molecule has 21 heavy (non-hydrogen) atoms. The number of benzene rings is 1. The lowest BCUT2D eigenvalue weighted by atomic mass is 10.1. The Morgan fingerprint density at radius 2 is 1.81 bits per heavy atom. The van der Waals surface area contributed by atoms with E-state index in [-0.39, 0.29) is 16.8 Å². The number of nitrogens with zero attached hydrogens (tertiary/aromatic N) is 1. The number of anilines is 1. The Morgan fingerprint density at radius 3 is 2.38 bits per heavy atom. The lowest BCUT2D eigenvalue weighted by molar-refractivity contribution is -0.143. The van der Waals surface area contributed by atoms with Gasteiger partial charge in [-0.25, -0.2) is 4.39 Å². The SMILES string of the molecule is Cn1c(C(F)(F)F)ccc(-c2cc(N)c(Br)cc2F)c1=O. The minimum atomic E-state index is -4.66. The molecule has 8 heteroatoms. The van der Waals surface area contributed by atoms with Crippen LogP contribution in [0.5, 0.6) is 0 Å². The van der Waals surface area contributed by atoms with E-state index in [9.17, 15) is 22.4 Å². The molecule has 112 valence electrons. The number of hydrogen-bond acceptors (Lipinski definition) is 2. The summed E-state index contributed by atoms with van der Waals surface area (Å²) in [5, 5.41) is 0. The van der Waals surface area contributed by atoms with Crippen molar-refractivity contribution in [3.05, 3.63) is 50.6 Å². The number of hydrogen-bond donors (Lipinski definition) is 1. The molecule has 0 saturated heterocycles. The van der Waals surface area contributed by atoms with E-state index in [4.69, 9.17) is 5.73 Å². The zero-order valence-electron chi connectivity index (χ0n) is 10.6. The van der Waals surface area contributed by atoms with Crippen molar-refractivity contribution < 1.29 is 17.6 Å². The third-order valence-electron chi connectivity index (χ3n) is 2.97. The Bertz CT molecular complexity index is 768. The summed E-state index contributed by atoms with van der Waals surface area (Å²) in [5.74, 6) is -0.757. The summed E-state index contributed by atoms with van der Waals surface area (Å²) in [6, 6.07) is 3.93. The predicted octanol–water partition coefficient (Wildman–Crippen LogP) is 3.55. The van der Waals surface area contributed by atoms with Crippen LogP contribution in [0.15, 0.2) is 33.5 Å². The second-order valence-electron chi connectivity index (χ2n) is 4.35. The quantitative estimate of drug-likeness (QED) is 0.621. The highest BCUT2D eigenvalue weighted by molar-refractivity contribution is 9.10. The van der Waals surface area contributed by atoms with Crippen LogP contribution < -0.4 is 11.3 Å². The lowest BCUT2D eigenvalue weighted by Crippen LogP contribution is -2.26. The summed E-state index contributed by atoms with van der Waals surface area (Å²) in [6.07, 6.45) is -4.66. The van der Waals surface area contributed by atoms with Crippen LogP contribution in [0, 0.1) is 5.82 Å². The molecule has 0 bridgehead atoms. The molecule has 2 N–H and O–H groups in total. The number of alkyl halides is 3. The van der Waals surface area contributed by atoms with E-state index in [2.05, 4.69) is 15.9 Å². The van der Waals surface area contributed by atoms with Crippen molar-refractivity contribution in [2.45, 2.75) is 6.18 Å². The van der Waals surface area contributed by atoms with Gasteiger partial charge in [-0.2, -0.15) is 13.2 Å². The van der Waals surface area contributed by atoms with Gasteiger partial charge in [-0.1, -0.05) is 0 Å². The fraction of sp³-hybridized carbons (Fsp3) is 0.154. The van der Waals surface area contributed by atoms with Crippen molar-refractivity contribution in [2.75, 3.05) is 5.73 Å². The molecule has 1 aromatic heterocycles.